The first-order valence-corrected chi connectivity index (χ1v) is 4.98. The van der Waals surface area contributed by atoms with Gasteiger partial charge in [-0.15, -0.1) is 0 Å². The second-order valence-corrected chi connectivity index (χ2v) is 3.76. The van der Waals surface area contributed by atoms with Crippen LogP contribution in [0.5, 0.6) is 0 Å². The molecule has 0 saturated carbocycles. The zero-order valence-electron chi connectivity index (χ0n) is 7.58. The van der Waals surface area contributed by atoms with E-state index in [0.717, 1.165) is 0 Å². The van der Waals surface area contributed by atoms with Gasteiger partial charge >= 0.3 is 0 Å². The number of benzene rings is 1. The molecule has 1 aromatic carbocycles. The minimum atomic E-state index is -0.166. The number of nitrogens with zero attached hydrogens (tertiary/aromatic N) is 1. The van der Waals surface area contributed by atoms with Gasteiger partial charge in [-0.1, -0.05) is 34.4 Å². The lowest BCUT2D eigenvalue weighted by molar-refractivity contribution is 0.280. The zero-order valence-corrected chi connectivity index (χ0v) is 9.09. The summed E-state index contributed by atoms with van der Waals surface area (Å²) in [6, 6.07) is 5.16. The first kappa shape index (κ1) is 10.5. The molecule has 0 unspecified atom stereocenters. The van der Waals surface area contributed by atoms with E-state index in [9.17, 15) is 0 Å². The Morgan fingerprint density at radius 2 is 1.93 bits per heavy atom. The van der Waals surface area contributed by atoms with Crippen molar-refractivity contribution in [2.75, 3.05) is 0 Å². The lowest BCUT2D eigenvalue weighted by Crippen LogP contribution is -1.88. The van der Waals surface area contributed by atoms with Gasteiger partial charge in [0.05, 0.1) is 16.7 Å². The van der Waals surface area contributed by atoms with Crippen LogP contribution in [0.3, 0.4) is 0 Å². The number of aliphatic hydroxyl groups is 1. The summed E-state index contributed by atoms with van der Waals surface area (Å²) in [5.74, 6) is 0. The van der Waals surface area contributed by atoms with Gasteiger partial charge in [-0.2, -0.15) is 0 Å². The van der Waals surface area contributed by atoms with Gasteiger partial charge in [-0.3, -0.25) is 0 Å². The topological polar surface area (TPSA) is 46.3 Å². The van der Waals surface area contributed by atoms with Crippen LogP contribution in [0, 0.1) is 0 Å². The monoisotopic (exact) mass is 243 g/mol. The van der Waals surface area contributed by atoms with Crippen LogP contribution in [0.15, 0.2) is 29.0 Å². The van der Waals surface area contributed by atoms with Crippen molar-refractivity contribution in [1.82, 2.24) is 5.16 Å². The molecule has 1 heterocycles. The zero-order chi connectivity index (χ0) is 10.8. The van der Waals surface area contributed by atoms with E-state index in [1.807, 2.05) is 0 Å². The molecule has 0 saturated heterocycles. The van der Waals surface area contributed by atoms with Crippen molar-refractivity contribution >= 4 is 23.2 Å². The number of aromatic nitrogens is 1. The smallest absolute Gasteiger partial charge is 0.129 e. The van der Waals surface area contributed by atoms with Gasteiger partial charge in [0.2, 0.25) is 0 Å². The molecular weight excluding hydrogens is 237 g/mol. The maximum atomic E-state index is 9.06. The molecule has 0 aliphatic carbocycles. The molecule has 3 nitrogen and oxygen atoms in total. The van der Waals surface area contributed by atoms with Gasteiger partial charge in [0.15, 0.2) is 0 Å². The summed E-state index contributed by atoms with van der Waals surface area (Å²) < 4.78 is 4.77. The van der Waals surface area contributed by atoms with Crippen LogP contribution >= 0.6 is 23.2 Å². The minimum Gasteiger partial charge on any atom is -0.391 e. The summed E-state index contributed by atoms with van der Waals surface area (Å²) in [6.07, 6.45) is 1.37. The molecule has 2 rings (SSSR count). The molecule has 5 heteroatoms. The van der Waals surface area contributed by atoms with Gasteiger partial charge in [-0.25, -0.2) is 0 Å². The Morgan fingerprint density at radius 1 is 1.27 bits per heavy atom. The number of aliphatic hydroxyl groups excluding tert-OH is 1. The summed E-state index contributed by atoms with van der Waals surface area (Å²) in [5.41, 5.74) is 1.62. The molecular formula is C10H7Cl2NO2. The molecule has 0 radical (unpaired) electrons. The fraction of sp³-hybridized carbons (Fsp3) is 0.100. The van der Waals surface area contributed by atoms with E-state index in [-0.39, 0.29) is 6.61 Å². The van der Waals surface area contributed by atoms with E-state index >= 15 is 0 Å². The van der Waals surface area contributed by atoms with E-state index in [1.165, 1.54) is 6.26 Å². The summed E-state index contributed by atoms with van der Waals surface area (Å²) in [4.78, 5) is 0. The Balaban J connectivity index is 2.63. The lowest BCUT2D eigenvalue weighted by Gasteiger charge is -2.03. The lowest BCUT2D eigenvalue weighted by atomic mass is 10.1. The van der Waals surface area contributed by atoms with Crippen molar-refractivity contribution in [3.05, 3.63) is 40.1 Å². The van der Waals surface area contributed by atoms with E-state index in [4.69, 9.17) is 32.8 Å². The number of hydrogen-bond acceptors (Lipinski definition) is 3. The molecule has 0 atom stereocenters. The van der Waals surface area contributed by atoms with Crippen LogP contribution in [0.4, 0.5) is 0 Å². The summed E-state index contributed by atoms with van der Waals surface area (Å²) >= 11 is 12.0. The maximum absolute atomic E-state index is 9.06. The average molecular weight is 244 g/mol. The first-order valence-electron chi connectivity index (χ1n) is 4.22. The van der Waals surface area contributed by atoms with Crippen LogP contribution in [-0.2, 0) is 6.61 Å². The van der Waals surface area contributed by atoms with Gasteiger partial charge < -0.3 is 9.63 Å². The molecule has 15 heavy (non-hydrogen) atoms. The quantitative estimate of drug-likeness (QED) is 0.882. The highest BCUT2D eigenvalue weighted by Crippen LogP contribution is 2.35. The first-order chi connectivity index (χ1) is 7.24. The van der Waals surface area contributed by atoms with E-state index in [0.29, 0.717) is 26.9 Å². The highest BCUT2D eigenvalue weighted by molar-refractivity contribution is 6.39. The Morgan fingerprint density at radius 3 is 2.53 bits per heavy atom. The van der Waals surface area contributed by atoms with Crippen molar-refractivity contribution in [3.8, 4) is 11.3 Å². The van der Waals surface area contributed by atoms with Gasteiger partial charge in [0.1, 0.15) is 12.0 Å². The molecule has 0 aliphatic rings. The molecule has 78 valence electrons. The molecule has 0 bridgehead atoms. The van der Waals surface area contributed by atoms with Crippen LogP contribution in [0.1, 0.15) is 5.56 Å². The number of hydrogen-bond donors (Lipinski definition) is 1. The third kappa shape index (κ3) is 1.86. The van der Waals surface area contributed by atoms with Crippen LogP contribution in [0.25, 0.3) is 11.3 Å². The second-order valence-electron chi connectivity index (χ2n) is 2.94. The van der Waals surface area contributed by atoms with Gasteiger partial charge in [0, 0.05) is 11.1 Å². The third-order valence-electron chi connectivity index (χ3n) is 2.01. The average Bonchev–Trinajstić information content (AvgIpc) is 2.65. The number of halogens is 2. The summed E-state index contributed by atoms with van der Waals surface area (Å²) in [7, 11) is 0. The maximum Gasteiger partial charge on any atom is 0.129 e. The van der Waals surface area contributed by atoms with E-state index < -0.39 is 0 Å². The van der Waals surface area contributed by atoms with Crippen molar-refractivity contribution in [2.45, 2.75) is 6.61 Å². The predicted molar refractivity (Wildman–Crippen MR) is 57.9 cm³/mol. The second kappa shape index (κ2) is 4.23. The molecule has 1 aromatic heterocycles. The minimum absolute atomic E-state index is 0.166. The van der Waals surface area contributed by atoms with Crippen LogP contribution < -0.4 is 0 Å². The molecule has 0 fully saturated rings. The normalized spacial score (nSPS) is 10.6. The van der Waals surface area contributed by atoms with Crippen molar-refractivity contribution in [3.63, 3.8) is 0 Å². The third-order valence-corrected chi connectivity index (χ3v) is 2.64. The van der Waals surface area contributed by atoms with Gasteiger partial charge in [-0.05, 0) is 12.1 Å². The van der Waals surface area contributed by atoms with Crippen molar-refractivity contribution in [1.29, 1.82) is 0 Å². The highest BCUT2D eigenvalue weighted by atomic mass is 35.5. The molecule has 1 N–H and O–H groups in total. The Bertz CT molecular complexity index is 462. The van der Waals surface area contributed by atoms with Gasteiger partial charge in [0.25, 0.3) is 0 Å². The van der Waals surface area contributed by atoms with Crippen molar-refractivity contribution in [2.24, 2.45) is 0 Å². The molecule has 0 amide bonds. The highest BCUT2D eigenvalue weighted by Gasteiger charge is 2.15. The van der Waals surface area contributed by atoms with E-state index in [1.54, 1.807) is 18.2 Å². The Labute approximate surface area is 96.2 Å². The Kier molecular flexibility index (Phi) is 2.95. The SMILES string of the molecule is OCc1conc1-c1c(Cl)cccc1Cl. The molecule has 0 aliphatic heterocycles. The fourth-order valence-corrected chi connectivity index (χ4v) is 1.88. The fourth-order valence-electron chi connectivity index (χ4n) is 1.30. The summed E-state index contributed by atoms with van der Waals surface area (Å²) in [5, 5.41) is 13.8. The van der Waals surface area contributed by atoms with Crippen LogP contribution in [-0.4, -0.2) is 10.3 Å². The van der Waals surface area contributed by atoms with Crippen molar-refractivity contribution < 1.29 is 9.63 Å². The standard InChI is InChI=1S/C10H7Cl2NO2/c11-7-2-1-3-8(12)9(7)10-6(4-14)5-15-13-10/h1-3,5,14H,4H2. The van der Waals surface area contributed by atoms with E-state index in [2.05, 4.69) is 5.16 Å². The summed E-state index contributed by atoms with van der Waals surface area (Å²) in [6.45, 7) is -0.166. The molecule has 2 aromatic rings. The largest absolute Gasteiger partial charge is 0.391 e. The number of rotatable bonds is 2. The molecule has 0 spiro atoms. The predicted octanol–water partition coefficient (Wildman–Crippen LogP) is 3.14. The van der Waals surface area contributed by atoms with Crippen LogP contribution in [0.2, 0.25) is 10.0 Å². The Hall–Kier alpha value is -1.03.